The maximum atomic E-state index is 6.15. The van der Waals surface area contributed by atoms with Gasteiger partial charge in [-0.1, -0.05) is 18.9 Å². The average Bonchev–Trinajstić information content (AvgIpc) is 2.65. The predicted octanol–water partition coefficient (Wildman–Crippen LogP) is 1.73. The molecule has 2 rings (SSSR count). The highest BCUT2D eigenvalue weighted by molar-refractivity contribution is 5.09. The van der Waals surface area contributed by atoms with Crippen LogP contribution in [0.1, 0.15) is 25.7 Å². The third-order valence-electron chi connectivity index (χ3n) is 2.74. The minimum absolute atomic E-state index is 0.114. The Bertz CT molecular complexity index is 281. The van der Waals surface area contributed by atoms with Crippen molar-refractivity contribution in [3.8, 4) is 5.88 Å². The molecule has 0 amide bonds. The van der Waals surface area contributed by atoms with Gasteiger partial charge < -0.3 is 10.5 Å². The summed E-state index contributed by atoms with van der Waals surface area (Å²) in [7, 11) is 0. The van der Waals surface area contributed by atoms with Crippen LogP contribution in [0.4, 0.5) is 0 Å². The number of rotatable bonds is 3. The fourth-order valence-corrected chi connectivity index (χ4v) is 1.87. The standard InChI is InChI=1S/C11H16N2O/c12-11(6-2-3-7-11)9-14-10-5-1-4-8-13-10/h1,4-5,8H,2-3,6-7,9,12H2. The lowest BCUT2D eigenvalue weighted by molar-refractivity contribution is 0.213. The first-order valence-corrected chi connectivity index (χ1v) is 5.11. The lowest BCUT2D eigenvalue weighted by Gasteiger charge is -2.22. The number of nitrogens with zero attached hydrogens (tertiary/aromatic N) is 1. The third kappa shape index (κ3) is 2.23. The summed E-state index contributed by atoms with van der Waals surface area (Å²) in [6.45, 7) is 0.587. The van der Waals surface area contributed by atoms with Crippen molar-refractivity contribution in [3.05, 3.63) is 24.4 Å². The van der Waals surface area contributed by atoms with Crippen molar-refractivity contribution in [2.24, 2.45) is 5.73 Å². The van der Waals surface area contributed by atoms with Crippen LogP contribution in [0.5, 0.6) is 5.88 Å². The fraction of sp³-hybridized carbons (Fsp3) is 0.545. The van der Waals surface area contributed by atoms with Crippen molar-refractivity contribution in [1.82, 2.24) is 4.98 Å². The molecule has 0 atom stereocenters. The number of hydrogen-bond acceptors (Lipinski definition) is 3. The lowest BCUT2D eigenvalue weighted by atomic mass is 10.0. The van der Waals surface area contributed by atoms with E-state index in [9.17, 15) is 0 Å². The van der Waals surface area contributed by atoms with Gasteiger partial charge in [0.05, 0.1) is 5.54 Å². The van der Waals surface area contributed by atoms with E-state index >= 15 is 0 Å². The van der Waals surface area contributed by atoms with Crippen LogP contribution in [0, 0.1) is 0 Å². The predicted molar refractivity (Wildman–Crippen MR) is 55.1 cm³/mol. The molecule has 0 aliphatic heterocycles. The van der Waals surface area contributed by atoms with Crippen LogP contribution in [0.3, 0.4) is 0 Å². The van der Waals surface area contributed by atoms with E-state index in [0.717, 1.165) is 12.8 Å². The molecule has 0 radical (unpaired) electrons. The molecule has 0 aromatic carbocycles. The van der Waals surface area contributed by atoms with Crippen molar-refractivity contribution < 1.29 is 4.74 Å². The molecule has 0 bridgehead atoms. The first-order chi connectivity index (χ1) is 6.79. The molecular formula is C11H16N2O. The van der Waals surface area contributed by atoms with Crippen LogP contribution < -0.4 is 10.5 Å². The molecule has 1 fully saturated rings. The lowest BCUT2D eigenvalue weighted by Crippen LogP contribution is -2.42. The van der Waals surface area contributed by atoms with Crippen LogP contribution in [-0.2, 0) is 0 Å². The zero-order valence-electron chi connectivity index (χ0n) is 8.28. The van der Waals surface area contributed by atoms with Crippen LogP contribution in [0.2, 0.25) is 0 Å². The van der Waals surface area contributed by atoms with E-state index in [-0.39, 0.29) is 5.54 Å². The monoisotopic (exact) mass is 192 g/mol. The van der Waals surface area contributed by atoms with Gasteiger partial charge in [0.2, 0.25) is 5.88 Å². The van der Waals surface area contributed by atoms with Crippen molar-refractivity contribution >= 4 is 0 Å². The van der Waals surface area contributed by atoms with E-state index in [2.05, 4.69) is 4.98 Å². The molecule has 2 N–H and O–H groups in total. The topological polar surface area (TPSA) is 48.1 Å². The number of ether oxygens (including phenoxy) is 1. The van der Waals surface area contributed by atoms with Gasteiger partial charge in [-0.25, -0.2) is 4.98 Å². The summed E-state index contributed by atoms with van der Waals surface area (Å²) in [5, 5.41) is 0. The van der Waals surface area contributed by atoms with E-state index in [1.165, 1.54) is 12.8 Å². The van der Waals surface area contributed by atoms with Gasteiger partial charge in [0.25, 0.3) is 0 Å². The Labute approximate surface area is 84.3 Å². The highest BCUT2D eigenvalue weighted by atomic mass is 16.5. The van der Waals surface area contributed by atoms with Crippen LogP contribution in [0.25, 0.3) is 0 Å². The molecule has 1 aliphatic carbocycles. The molecule has 14 heavy (non-hydrogen) atoms. The summed E-state index contributed by atoms with van der Waals surface area (Å²) >= 11 is 0. The Morgan fingerprint density at radius 1 is 1.36 bits per heavy atom. The molecule has 0 spiro atoms. The van der Waals surface area contributed by atoms with Gasteiger partial charge >= 0.3 is 0 Å². The average molecular weight is 192 g/mol. The largest absolute Gasteiger partial charge is 0.476 e. The molecule has 1 heterocycles. The Morgan fingerprint density at radius 2 is 2.14 bits per heavy atom. The van der Waals surface area contributed by atoms with Gasteiger partial charge in [-0.3, -0.25) is 0 Å². The van der Waals surface area contributed by atoms with Crippen molar-refractivity contribution in [2.45, 2.75) is 31.2 Å². The van der Waals surface area contributed by atoms with Gasteiger partial charge in [-0.15, -0.1) is 0 Å². The van der Waals surface area contributed by atoms with E-state index in [4.69, 9.17) is 10.5 Å². The molecular weight excluding hydrogens is 176 g/mol. The zero-order valence-corrected chi connectivity index (χ0v) is 8.28. The summed E-state index contributed by atoms with van der Waals surface area (Å²) in [4.78, 5) is 4.09. The normalized spacial score (nSPS) is 19.5. The van der Waals surface area contributed by atoms with Gasteiger partial charge in [-0.2, -0.15) is 0 Å². The molecule has 0 unspecified atom stereocenters. The first kappa shape index (κ1) is 9.46. The molecule has 3 heteroatoms. The Balaban J connectivity index is 1.88. The van der Waals surface area contributed by atoms with Crippen LogP contribution in [0.15, 0.2) is 24.4 Å². The molecule has 1 aromatic rings. The maximum absolute atomic E-state index is 6.15. The number of hydrogen-bond donors (Lipinski definition) is 1. The smallest absolute Gasteiger partial charge is 0.213 e. The van der Waals surface area contributed by atoms with E-state index in [1.807, 2.05) is 18.2 Å². The van der Waals surface area contributed by atoms with Crippen LogP contribution in [-0.4, -0.2) is 17.1 Å². The summed E-state index contributed by atoms with van der Waals surface area (Å²) in [6, 6.07) is 5.65. The summed E-state index contributed by atoms with van der Waals surface area (Å²) < 4.78 is 5.56. The van der Waals surface area contributed by atoms with Crippen molar-refractivity contribution in [2.75, 3.05) is 6.61 Å². The summed E-state index contributed by atoms with van der Waals surface area (Å²) in [5.74, 6) is 0.671. The fourth-order valence-electron chi connectivity index (χ4n) is 1.87. The summed E-state index contributed by atoms with van der Waals surface area (Å²) in [6.07, 6.45) is 6.32. The van der Waals surface area contributed by atoms with Crippen molar-refractivity contribution in [3.63, 3.8) is 0 Å². The van der Waals surface area contributed by atoms with Crippen molar-refractivity contribution in [1.29, 1.82) is 0 Å². The van der Waals surface area contributed by atoms with Gasteiger partial charge in [-0.05, 0) is 18.9 Å². The van der Waals surface area contributed by atoms with Gasteiger partial charge in [0.15, 0.2) is 0 Å². The highest BCUT2D eigenvalue weighted by Crippen LogP contribution is 2.27. The quantitative estimate of drug-likeness (QED) is 0.793. The number of nitrogens with two attached hydrogens (primary N) is 1. The van der Waals surface area contributed by atoms with Gasteiger partial charge in [0.1, 0.15) is 6.61 Å². The molecule has 76 valence electrons. The second-order valence-electron chi connectivity index (χ2n) is 4.03. The van der Waals surface area contributed by atoms with E-state index in [0.29, 0.717) is 12.5 Å². The molecule has 1 aliphatic rings. The first-order valence-electron chi connectivity index (χ1n) is 5.11. The second-order valence-corrected chi connectivity index (χ2v) is 4.03. The number of aromatic nitrogens is 1. The summed E-state index contributed by atoms with van der Waals surface area (Å²) in [5.41, 5.74) is 6.04. The Hall–Kier alpha value is -1.09. The third-order valence-corrected chi connectivity index (χ3v) is 2.74. The molecule has 0 saturated heterocycles. The minimum atomic E-state index is -0.114. The highest BCUT2D eigenvalue weighted by Gasteiger charge is 2.30. The van der Waals surface area contributed by atoms with E-state index in [1.54, 1.807) is 6.20 Å². The Morgan fingerprint density at radius 3 is 2.79 bits per heavy atom. The Kier molecular flexibility index (Phi) is 2.68. The maximum Gasteiger partial charge on any atom is 0.213 e. The van der Waals surface area contributed by atoms with Gasteiger partial charge in [0, 0.05) is 12.3 Å². The van der Waals surface area contributed by atoms with Crippen LogP contribution >= 0.6 is 0 Å². The SMILES string of the molecule is NC1(COc2ccccn2)CCCC1. The molecule has 1 saturated carbocycles. The molecule has 3 nitrogen and oxygen atoms in total. The minimum Gasteiger partial charge on any atom is -0.476 e. The second kappa shape index (κ2) is 3.96. The zero-order chi connectivity index (χ0) is 9.86. The number of pyridine rings is 1. The van der Waals surface area contributed by atoms with E-state index < -0.39 is 0 Å². The molecule has 1 aromatic heterocycles.